The summed E-state index contributed by atoms with van der Waals surface area (Å²) < 4.78 is 15.7. The standard InChI is InChI=1S/C12H22O4Si/c1-5-6-7-9-12(13)16-10-8-11-17(4,14-2)15-3/h5-7,9H,8,10-11H2,1-4H3/b6-5+,9-7+. The second-order valence-electron chi connectivity index (χ2n) is 3.70. The number of esters is 1. The third-order valence-electron chi connectivity index (χ3n) is 2.42. The summed E-state index contributed by atoms with van der Waals surface area (Å²) >= 11 is 0. The van der Waals surface area contributed by atoms with Gasteiger partial charge in [0.2, 0.25) is 0 Å². The highest BCUT2D eigenvalue weighted by Gasteiger charge is 2.27. The molecule has 0 aliphatic rings. The summed E-state index contributed by atoms with van der Waals surface area (Å²) in [6.45, 7) is 4.27. The Morgan fingerprint density at radius 1 is 1.24 bits per heavy atom. The molecule has 0 aromatic carbocycles. The minimum absolute atomic E-state index is 0.318. The number of hydrogen-bond acceptors (Lipinski definition) is 4. The second-order valence-corrected chi connectivity index (χ2v) is 7.28. The lowest BCUT2D eigenvalue weighted by Gasteiger charge is -2.22. The van der Waals surface area contributed by atoms with Crippen molar-refractivity contribution in [2.75, 3.05) is 20.8 Å². The molecule has 17 heavy (non-hydrogen) atoms. The summed E-state index contributed by atoms with van der Waals surface area (Å²) in [5, 5.41) is 0. The zero-order valence-electron chi connectivity index (χ0n) is 11.1. The molecule has 98 valence electrons. The van der Waals surface area contributed by atoms with Crippen molar-refractivity contribution in [3.63, 3.8) is 0 Å². The highest BCUT2D eigenvalue weighted by molar-refractivity contribution is 6.65. The quantitative estimate of drug-likeness (QED) is 0.220. The average molecular weight is 258 g/mol. The van der Waals surface area contributed by atoms with E-state index in [1.54, 1.807) is 26.4 Å². The van der Waals surface area contributed by atoms with E-state index in [-0.39, 0.29) is 5.97 Å². The van der Waals surface area contributed by atoms with Gasteiger partial charge in [0.05, 0.1) is 6.61 Å². The predicted octanol–water partition coefficient (Wildman–Crippen LogP) is 2.42. The zero-order valence-corrected chi connectivity index (χ0v) is 12.1. The Bertz CT molecular complexity index is 270. The van der Waals surface area contributed by atoms with Crippen molar-refractivity contribution in [1.29, 1.82) is 0 Å². The summed E-state index contributed by atoms with van der Waals surface area (Å²) in [6.07, 6.45) is 7.45. The first-order chi connectivity index (χ1) is 8.08. The molecule has 0 bridgehead atoms. The molecule has 0 aliphatic heterocycles. The van der Waals surface area contributed by atoms with Crippen LogP contribution in [0.5, 0.6) is 0 Å². The molecule has 0 amide bonds. The second kappa shape index (κ2) is 9.15. The average Bonchev–Trinajstić information content (AvgIpc) is 2.35. The molecule has 4 nitrogen and oxygen atoms in total. The van der Waals surface area contributed by atoms with E-state index in [0.29, 0.717) is 6.61 Å². The predicted molar refractivity (Wildman–Crippen MR) is 70.0 cm³/mol. The monoisotopic (exact) mass is 258 g/mol. The molecule has 0 fully saturated rings. The summed E-state index contributed by atoms with van der Waals surface area (Å²) in [5.74, 6) is -0.318. The van der Waals surface area contributed by atoms with Crippen molar-refractivity contribution in [3.05, 3.63) is 24.3 Å². The van der Waals surface area contributed by atoms with Crippen LogP contribution in [-0.4, -0.2) is 35.4 Å². The van der Waals surface area contributed by atoms with E-state index in [1.807, 2.05) is 19.5 Å². The van der Waals surface area contributed by atoms with Gasteiger partial charge < -0.3 is 13.6 Å². The van der Waals surface area contributed by atoms with E-state index in [1.165, 1.54) is 6.08 Å². The van der Waals surface area contributed by atoms with Crippen LogP contribution >= 0.6 is 0 Å². The lowest BCUT2D eigenvalue weighted by molar-refractivity contribution is -0.137. The first kappa shape index (κ1) is 16.1. The minimum atomic E-state index is -2.02. The van der Waals surface area contributed by atoms with Gasteiger partial charge in [0.15, 0.2) is 0 Å². The summed E-state index contributed by atoms with van der Waals surface area (Å²) in [7, 11) is 1.29. The molecule has 5 heteroatoms. The summed E-state index contributed by atoms with van der Waals surface area (Å²) in [5.41, 5.74) is 0. The summed E-state index contributed by atoms with van der Waals surface area (Å²) in [6, 6.07) is 0.811. The molecule has 0 aromatic heterocycles. The molecule has 0 aliphatic carbocycles. The number of rotatable bonds is 8. The van der Waals surface area contributed by atoms with Crippen molar-refractivity contribution in [2.24, 2.45) is 0 Å². The van der Waals surface area contributed by atoms with Crippen LogP contribution in [0.4, 0.5) is 0 Å². The van der Waals surface area contributed by atoms with E-state index in [4.69, 9.17) is 13.6 Å². The number of carbonyl (C=O) groups excluding carboxylic acids is 1. The molecule has 0 aromatic rings. The van der Waals surface area contributed by atoms with Gasteiger partial charge in [0.25, 0.3) is 0 Å². The van der Waals surface area contributed by atoms with Crippen molar-refractivity contribution in [1.82, 2.24) is 0 Å². The van der Waals surface area contributed by atoms with Crippen LogP contribution in [0.3, 0.4) is 0 Å². The highest BCUT2D eigenvalue weighted by atomic mass is 28.4. The maximum absolute atomic E-state index is 11.2. The fourth-order valence-corrected chi connectivity index (χ4v) is 2.51. The zero-order chi connectivity index (χ0) is 13.1. The van der Waals surface area contributed by atoms with E-state index >= 15 is 0 Å². The van der Waals surface area contributed by atoms with Gasteiger partial charge in [0.1, 0.15) is 0 Å². The molecular weight excluding hydrogens is 236 g/mol. The third-order valence-corrected chi connectivity index (χ3v) is 5.41. The van der Waals surface area contributed by atoms with Gasteiger partial charge >= 0.3 is 14.5 Å². The molecule has 0 unspecified atom stereocenters. The maximum atomic E-state index is 11.2. The first-order valence-electron chi connectivity index (χ1n) is 5.64. The van der Waals surface area contributed by atoms with Crippen LogP contribution in [0.2, 0.25) is 12.6 Å². The Labute approximate surface area is 105 Å². The van der Waals surface area contributed by atoms with Crippen molar-refractivity contribution in [3.8, 4) is 0 Å². The Balaban J connectivity index is 3.74. The van der Waals surface area contributed by atoms with Gasteiger partial charge in [-0.15, -0.1) is 0 Å². The van der Waals surface area contributed by atoms with Crippen molar-refractivity contribution >= 4 is 14.5 Å². The lowest BCUT2D eigenvalue weighted by Crippen LogP contribution is -2.36. The van der Waals surface area contributed by atoms with Crippen molar-refractivity contribution < 1.29 is 18.4 Å². The lowest BCUT2D eigenvalue weighted by atomic mass is 10.4. The van der Waals surface area contributed by atoms with E-state index in [9.17, 15) is 4.79 Å². The van der Waals surface area contributed by atoms with Crippen LogP contribution in [-0.2, 0) is 18.4 Å². The maximum Gasteiger partial charge on any atom is 0.334 e. The van der Waals surface area contributed by atoms with E-state index < -0.39 is 8.56 Å². The van der Waals surface area contributed by atoms with Gasteiger partial charge in [-0.05, 0) is 25.9 Å². The minimum Gasteiger partial charge on any atom is -0.463 e. The van der Waals surface area contributed by atoms with Crippen molar-refractivity contribution in [2.45, 2.75) is 25.9 Å². The Morgan fingerprint density at radius 2 is 1.88 bits per heavy atom. The number of ether oxygens (including phenoxy) is 1. The Hall–Kier alpha value is -0.913. The van der Waals surface area contributed by atoms with Gasteiger partial charge in [-0.25, -0.2) is 4.79 Å². The Morgan fingerprint density at radius 3 is 2.41 bits per heavy atom. The normalized spacial score (nSPS) is 12.5. The van der Waals surface area contributed by atoms with Gasteiger partial charge in [-0.2, -0.15) is 0 Å². The molecule has 0 saturated heterocycles. The molecule has 0 N–H and O–H groups in total. The molecule has 0 atom stereocenters. The highest BCUT2D eigenvalue weighted by Crippen LogP contribution is 2.13. The fourth-order valence-electron chi connectivity index (χ4n) is 1.15. The van der Waals surface area contributed by atoms with Gasteiger partial charge in [0, 0.05) is 20.3 Å². The van der Waals surface area contributed by atoms with E-state index in [0.717, 1.165) is 12.5 Å². The largest absolute Gasteiger partial charge is 0.463 e. The molecule has 0 heterocycles. The van der Waals surface area contributed by atoms with Crippen LogP contribution < -0.4 is 0 Å². The van der Waals surface area contributed by atoms with Crippen LogP contribution in [0.1, 0.15) is 13.3 Å². The fraction of sp³-hybridized carbons (Fsp3) is 0.583. The molecule has 0 radical (unpaired) electrons. The summed E-state index contributed by atoms with van der Waals surface area (Å²) in [4.78, 5) is 11.2. The van der Waals surface area contributed by atoms with Gasteiger partial charge in [-0.1, -0.05) is 18.2 Å². The smallest absolute Gasteiger partial charge is 0.334 e. The van der Waals surface area contributed by atoms with E-state index in [2.05, 4.69) is 0 Å². The molecule has 0 rings (SSSR count). The number of carbonyl (C=O) groups is 1. The van der Waals surface area contributed by atoms with Gasteiger partial charge in [-0.3, -0.25) is 0 Å². The molecular formula is C12H22O4Si. The SMILES string of the molecule is C/C=C/C=C/C(=O)OCCC[Si](C)(OC)OC. The Kier molecular flexibility index (Phi) is 8.66. The first-order valence-corrected chi connectivity index (χ1v) is 8.16. The number of hydrogen-bond donors (Lipinski definition) is 0. The van der Waals surface area contributed by atoms with Crippen LogP contribution in [0.25, 0.3) is 0 Å². The molecule has 0 saturated carbocycles. The number of allylic oxidation sites excluding steroid dienone is 3. The topological polar surface area (TPSA) is 44.8 Å². The molecule has 0 spiro atoms. The van der Waals surface area contributed by atoms with Crippen LogP contribution in [0, 0.1) is 0 Å². The third kappa shape index (κ3) is 7.90. The van der Waals surface area contributed by atoms with Crippen LogP contribution in [0.15, 0.2) is 24.3 Å².